The lowest BCUT2D eigenvalue weighted by molar-refractivity contribution is 0.324. The first kappa shape index (κ1) is 22.6. The predicted octanol–water partition coefficient (Wildman–Crippen LogP) is 4.96. The lowest BCUT2D eigenvalue weighted by atomic mass is 10.1. The molecule has 0 N–H and O–H groups in total. The molecule has 3 aromatic rings. The fourth-order valence-corrected chi connectivity index (χ4v) is 4.06. The van der Waals surface area contributed by atoms with Crippen molar-refractivity contribution in [3.05, 3.63) is 58.0 Å². The molecular weight excluding hydrogens is 417 g/mol. The molecule has 164 valence electrons. The van der Waals surface area contributed by atoms with Gasteiger partial charge in [0.25, 0.3) is 0 Å². The van der Waals surface area contributed by atoms with Crippen molar-refractivity contribution >= 4 is 17.0 Å². The molecule has 0 saturated heterocycles. The summed E-state index contributed by atoms with van der Waals surface area (Å²) in [6, 6.07) is 10.1. The zero-order chi connectivity index (χ0) is 22.4. The van der Waals surface area contributed by atoms with Crippen LogP contribution in [0.5, 0.6) is 17.2 Å². The Morgan fingerprint density at radius 3 is 2.16 bits per heavy atom. The number of hydrogen-bond donors (Lipinski definition) is 0. The molecule has 0 bridgehead atoms. The molecule has 2 aromatic carbocycles. The maximum Gasteiger partial charge on any atom is 0.206 e. The van der Waals surface area contributed by atoms with Gasteiger partial charge in [-0.1, -0.05) is 19.1 Å². The van der Waals surface area contributed by atoms with Crippen LogP contribution in [0.4, 0.5) is 4.39 Å². The van der Waals surface area contributed by atoms with Crippen molar-refractivity contribution in [2.75, 3.05) is 27.9 Å². The highest BCUT2D eigenvalue weighted by molar-refractivity contribution is 7.07. The monoisotopic (exact) mass is 443 g/mol. The van der Waals surface area contributed by atoms with Gasteiger partial charge in [0.1, 0.15) is 5.82 Å². The van der Waals surface area contributed by atoms with E-state index in [4.69, 9.17) is 19.3 Å². The highest BCUT2D eigenvalue weighted by Crippen LogP contribution is 2.41. The molecule has 1 aromatic heterocycles. The van der Waals surface area contributed by atoms with Crippen LogP contribution >= 0.6 is 11.3 Å². The molecule has 0 unspecified atom stereocenters. The SMILES string of the molecule is CCN=c1scc(-c2cc(OC)c(OC)c(OC)c2)n1N=C(CC)c1ccc(F)cc1. The van der Waals surface area contributed by atoms with E-state index in [9.17, 15) is 4.39 Å². The minimum absolute atomic E-state index is 0.276. The molecule has 8 heteroatoms. The maximum atomic E-state index is 13.4. The van der Waals surface area contributed by atoms with Crippen molar-refractivity contribution in [3.8, 4) is 28.5 Å². The van der Waals surface area contributed by atoms with Crippen LogP contribution in [-0.2, 0) is 0 Å². The zero-order valence-corrected chi connectivity index (χ0v) is 19.1. The molecule has 0 aliphatic rings. The third kappa shape index (κ3) is 4.80. The van der Waals surface area contributed by atoms with Gasteiger partial charge >= 0.3 is 0 Å². The topological polar surface area (TPSA) is 57.3 Å². The molecule has 0 saturated carbocycles. The molecule has 0 spiro atoms. The van der Waals surface area contributed by atoms with E-state index in [1.165, 1.54) is 23.5 Å². The van der Waals surface area contributed by atoms with Crippen LogP contribution in [-0.4, -0.2) is 38.3 Å². The van der Waals surface area contributed by atoms with Gasteiger partial charge in [0.05, 0.1) is 32.7 Å². The molecule has 6 nitrogen and oxygen atoms in total. The Balaban J connectivity index is 2.23. The molecule has 0 atom stereocenters. The second-order valence-electron chi connectivity index (χ2n) is 6.51. The summed E-state index contributed by atoms with van der Waals surface area (Å²) in [4.78, 5) is 5.36. The minimum Gasteiger partial charge on any atom is -0.493 e. The smallest absolute Gasteiger partial charge is 0.206 e. The largest absolute Gasteiger partial charge is 0.493 e. The van der Waals surface area contributed by atoms with Gasteiger partial charge in [-0.2, -0.15) is 5.10 Å². The van der Waals surface area contributed by atoms with E-state index < -0.39 is 0 Å². The first-order valence-corrected chi connectivity index (χ1v) is 10.8. The van der Waals surface area contributed by atoms with Crippen molar-refractivity contribution in [1.82, 2.24) is 4.68 Å². The second-order valence-corrected chi connectivity index (χ2v) is 7.35. The Labute approximate surface area is 185 Å². The summed E-state index contributed by atoms with van der Waals surface area (Å²) in [6.45, 7) is 4.63. The number of benzene rings is 2. The van der Waals surface area contributed by atoms with E-state index in [2.05, 4.69) is 4.99 Å². The Hall–Kier alpha value is -3.13. The quantitative estimate of drug-likeness (QED) is 0.462. The van der Waals surface area contributed by atoms with Crippen molar-refractivity contribution < 1.29 is 18.6 Å². The number of hydrogen-bond acceptors (Lipinski definition) is 6. The van der Waals surface area contributed by atoms with Gasteiger partial charge in [0, 0.05) is 17.5 Å². The van der Waals surface area contributed by atoms with Gasteiger partial charge in [-0.3, -0.25) is 4.99 Å². The van der Waals surface area contributed by atoms with Crippen LogP contribution in [0.25, 0.3) is 11.3 Å². The van der Waals surface area contributed by atoms with Crippen molar-refractivity contribution in [2.45, 2.75) is 20.3 Å². The number of halogens is 1. The molecule has 0 aliphatic carbocycles. The van der Waals surface area contributed by atoms with Gasteiger partial charge in [0.2, 0.25) is 10.6 Å². The zero-order valence-electron chi connectivity index (χ0n) is 18.3. The Bertz CT molecular complexity index is 1110. The standard InChI is InChI=1S/C23H26FN3O3S/c1-6-18(15-8-10-17(24)11-9-15)26-27-19(14-31-23(27)25-7-2)16-12-20(28-3)22(30-5)21(13-16)29-4/h8-14H,6-7H2,1-5H3. The molecule has 3 rings (SSSR count). The van der Waals surface area contributed by atoms with Crippen LogP contribution in [0.1, 0.15) is 25.8 Å². The van der Waals surface area contributed by atoms with E-state index in [-0.39, 0.29) is 5.82 Å². The van der Waals surface area contributed by atoms with Crippen molar-refractivity contribution in [2.24, 2.45) is 10.1 Å². The molecular formula is C23H26FN3O3S. The van der Waals surface area contributed by atoms with E-state index >= 15 is 0 Å². The van der Waals surface area contributed by atoms with Crippen LogP contribution in [0.3, 0.4) is 0 Å². The van der Waals surface area contributed by atoms with E-state index in [0.717, 1.165) is 27.3 Å². The number of aromatic nitrogens is 1. The van der Waals surface area contributed by atoms with Crippen LogP contribution in [0, 0.1) is 5.82 Å². The first-order chi connectivity index (χ1) is 15.1. The Morgan fingerprint density at radius 2 is 1.65 bits per heavy atom. The first-order valence-electron chi connectivity index (χ1n) is 9.91. The normalized spacial score (nSPS) is 12.2. The van der Waals surface area contributed by atoms with E-state index in [1.807, 2.05) is 36.0 Å². The molecule has 0 aliphatic heterocycles. The van der Waals surface area contributed by atoms with Gasteiger partial charge in [0.15, 0.2) is 11.5 Å². The summed E-state index contributed by atoms with van der Waals surface area (Å²) in [6.07, 6.45) is 0.675. The number of nitrogens with zero attached hydrogens (tertiary/aromatic N) is 3. The molecule has 1 heterocycles. The summed E-state index contributed by atoms with van der Waals surface area (Å²) in [5.74, 6) is 1.36. The third-order valence-corrected chi connectivity index (χ3v) is 5.53. The summed E-state index contributed by atoms with van der Waals surface area (Å²) in [5, 5.41) is 6.90. The molecule has 0 fully saturated rings. The second kappa shape index (κ2) is 10.3. The Morgan fingerprint density at radius 1 is 1.00 bits per heavy atom. The van der Waals surface area contributed by atoms with Crippen LogP contribution in [0.15, 0.2) is 51.9 Å². The van der Waals surface area contributed by atoms with Gasteiger partial charge < -0.3 is 14.2 Å². The van der Waals surface area contributed by atoms with Crippen molar-refractivity contribution in [1.29, 1.82) is 0 Å². The lowest BCUT2D eigenvalue weighted by Gasteiger charge is -2.14. The van der Waals surface area contributed by atoms with Gasteiger partial charge in [-0.05, 0) is 43.2 Å². The van der Waals surface area contributed by atoms with Gasteiger partial charge in [-0.15, -0.1) is 11.3 Å². The van der Waals surface area contributed by atoms with E-state index in [1.54, 1.807) is 33.5 Å². The van der Waals surface area contributed by atoms with Crippen molar-refractivity contribution in [3.63, 3.8) is 0 Å². The minimum atomic E-state index is -0.276. The number of ether oxygens (including phenoxy) is 3. The summed E-state index contributed by atoms with van der Waals surface area (Å²) < 4.78 is 31.7. The van der Waals surface area contributed by atoms with Crippen LogP contribution < -0.4 is 19.0 Å². The third-order valence-electron chi connectivity index (χ3n) is 4.67. The van der Waals surface area contributed by atoms with Gasteiger partial charge in [-0.25, -0.2) is 9.07 Å². The summed E-state index contributed by atoms with van der Waals surface area (Å²) in [5.41, 5.74) is 3.37. The highest BCUT2D eigenvalue weighted by Gasteiger charge is 2.17. The fraction of sp³-hybridized carbons (Fsp3) is 0.304. The van der Waals surface area contributed by atoms with E-state index in [0.29, 0.717) is 30.2 Å². The average Bonchev–Trinajstić information content (AvgIpc) is 3.19. The molecule has 0 amide bonds. The molecule has 0 radical (unpaired) electrons. The number of methoxy groups -OCH3 is 3. The van der Waals surface area contributed by atoms with Crippen LogP contribution in [0.2, 0.25) is 0 Å². The summed E-state index contributed by atoms with van der Waals surface area (Å²) >= 11 is 1.50. The predicted molar refractivity (Wildman–Crippen MR) is 122 cm³/mol. The Kier molecular flexibility index (Phi) is 7.46. The lowest BCUT2D eigenvalue weighted by Crippen LogP contribution is -2.15. The average molecular weight is 444 g/mol. The summed E-state index contributed by atoms with van der Waals surface area (Å²) in [7, 11) is 4.74. The maximum absolute atomic E-state index is 13.4. The molecule has 31 heavy (non-hydrogen) atoms. The highest BCUT2D eigenvalue weighted by atomic mass is 32.1. The number of rotatable bonds is 8. The number of thiazole rings is 1. The fourth-order valence-electron chi connectivity index (χ4n) is 3.16.